The summed E-state index contributed by atoms with van der Waals surface area (Å²) in [6.07, 6.45) is -3.94. The maximum absolute atomic E-state index is 13.0. The fraction of sp³-hybridized carbons (Fsp3) is 0.500. The molecule has 36 heavy (non-hydrogen) atoms. The predicted molar refractivity (Wildman–Crippen MR) is 119 cm³/mol. The fourth-order valence-electron chi connectivity index (χ4n) is 4.02. The van der Waals surface area contributed by atoms with Crippen LogP contribution in [-0.4, -0.2) is 41.7 Å². The number of urea groups is 1. The molecule has 0 bridgehead atoms. The van der Waals surface area contributed by atoms with Crippen LogP contribution in [0.3, 0.4) is 0 Å². The third-order valence-electron chi connectivity index (χ3n) is 6.13. The summed E-state index contributed by atoms with van der Waals surface area (Å²) in [5.41, 5.74) is -3.07. The number of carbonyl (C=O) groups is 1. The Morgan fingerprint density at radius 1 is 0.972 bits per heavy atom. The number of likely N-dealkylation sites (tertiary alicyclic amines) is 1. The number of carbonyl (C=O) groups excluding carboxylic acids is 1. The molecule has 2 heterocycles. The van der Waals surface area contributed by atoms with Gasteiger partial charge in [0.1, 0.15) is 6.10 Å². The molecular weight excluding hydrogens is 490 g/mol. The Morgan fingerprint density at radius 3 is 2.14 bits per heavy atom. The number of amides is 2. The lowest BCUT2D eigenvalue weighted by Gasteiger charge is -2.31. The van der Waals surface area contributed by atoms with Crippen LogP contribution in [0.1, 0.15) is 42.4 Å². The molecule has 1 aliphatic heterocycles. The van der Waals surface area contributed by atoms with Gasteiger partial charge in [-0.2, -0.15) is 26.3 Å². The van der Waals surface area contributed by atoms with Gasteiger partial charge in [0.25, 0.3) is 0 Å². The minimum Gasteiger partial charge on any atom is -0.474 e. The highest BCUT2D eigenvalue weighted by molar-refractivity contribution is 5.89. The first-order chi connectivity index (χ1) is 17.0. The fourth-order valence-corrected chi connectivity index (χ4v) is 4.02. The number of nitrogens with zero attached hydrogens (tertiary/aromatic N) is 2. The topological polar surface area (TPSA) is 66.5 Å². The number of piperidine rings is 1. The molecule has 2 fully saturated rings. The van der Waals surface area contributed by atoms with E-state index in [4.69, 9.17) is 4.74 Å². The van der Waals surface area contributed by atoms with Gasteiger partial charge in [0, 0.05) is 44.1 Å². The molecule has 6 nitrogen and oxygen atoms in total. The minimum atomic E-state index is -5.00. The summed E-state index contributed by atoms with van der Waals surface area (Å²) in [4.78, 5) is 18.8. The second-order valence-corrected chi connectivity index (χ2v) is 9.17. The Kier molecular flexibility index (Phi) is 7.62. The van der Waals surface area contributed by atoms with Crippen molar-refractivity contribution in [3.05, 3.63) is 53.2 Å². The number of nitrogens with one attached hydrogen (secondary N) is 2. The highest BCUT2D eigenvalue weighted by atomic mass is 19.4. The van der Waals surface area contributed by atoms with Gasteiger partial charge in [0.2, 0.25) is 5.88 Å². The molecule has 2 aliphatic rings. The predicted octanol–water partition coefficient (Wildman–Crippen LogP) is 5.69. The molecule has 12 heteroatoms. The maximum Gasteiger partial charge on any atom is 0.416 e. The van der Waals surface area contributed by atoms with Gasteiger partial charge in [-0.3, -0.25) is 0 Å². The summed E-state index contributed by atoms with van der Waals surface area (Å²) in [7, 11) is 0. The van der Waals surface area contributed by atoms with E-state index in [9.17, 15) is 31.1 Å². The molecule has 1 aromatic heterocycles. The number of hydrogen-bond acceptors (Lipinski definition) is 4. The van der Waals surface area contributed by atoms with E-state index in [2.05, 4.69) is 15.2 Å². The summed E-state index contributed by atoms with van der Waals surface area (Å²) in [5.74, 6) is 1.31. The first-order valence-corrected chi connectivity index (χ1v) is 11.6. The zero-order valence-electron chi connectivity index (χ0n) is 19.3. The number of anilines is 1. The molecule has 1 aromatic carbocycles. The minimum absolute atomic E-state index is 0.00407. The summed E-state index contributed by atoms with van der Waals surface area (Å²) >= 11 is 0. The molecular formula is C24H26F6N4O2. The van der Waals surface area contributed by atoms with Crippen molar-refractivity contribution in [1.82, 2.24) is 15.2 Å². The zero-order valence-corrected chi connectivity index (χ0v) is 19.3. The molecule has 2 N–H and O–H groups in total. The molecule has 1 saturated heterocycles. The Bertz CT molecular complexity index is 1010. The Labute approximate surface area is 204 Å². The van der Waals surface area contributed by atoms with E-state index in [0.29, 0.717) is 23.6 Å². The summed E-state index contributed by atoms with van der Waals surface area (Å²) in [5, 5.41) is 4.41. The number of aromatic nitrogens is 1. The summed E-state index contributed by atoms with van der Waals surface area (Å²) in [6.45, 7) is 3.12. The van der Waals surface area contributed by atoms with Crippen molar-refractivity contribution in [2.75, 3.05) is 25.0 Å². The molecule has 2 aromatic rings. The van der Waals surface area contributed by atoms with Crippen LogP contribution in [0.2, 0.25) is 0 Å². The monoisotopic (exact) mass is 516 g/mol. The molecule has 0 radical (unpaired) electrons. The van der Waals surface area contributed by atoms with Crippen LogP contribution in [0, 0.1) is 5.92 Å². The van der Waals surface area contributed by atoms with Crippen molar-refractivity contribution in [2.24, 2.45) is 5.92 Å². The van der Waals surface area contributed by atoms with Gasteiger partial charge in [-0.15, -0.1) is 0 Å². The SMILES string of the molecule is O=C(NCc1ccc(OC2CCN(CC3CC3)CC2)nc1)Nc1cc(C(F)(F)F)cc(C(F)(F)F)c1. The molecule has 196 valence electrons. The average molecular weight is 516 g/mol. The lowest BCUT2D eigenvalue weighted by atomic mass is 10.1. The lowest BCUT2D eigenvalue weighted by Crippen LogP contribution is -2.39. The van der Waals surface area contributed by atoms with Crippen molar-refractivity contribution in [3.8, 4) is 5.88 Å². The lowest BCUT2D eigenvalue weighted by molar-refractivity contribution is -0.143. The number of halogens is 6. The standard InChI is InChI=1S/C24H26F6N4O2/c25-23(26,27)17-9-18(24(28,29)30)11-19(10-17)33-22(35)32-13-16-3-4-21(31-12-16)36-20-5-7-34(8-6-20)14-15-1-2-15/h3-4,9-12,15,20H,1-2,5-8,13-14H2,(H2,32,33,35). The van der Waals surface area contributed by atoms with Crippen LogP contribution in [0.15, 0.2) is 36.5 Å². The number of rotatable bonds is 7. The first-order valence-electron chi connectivity index (χ1n) is 11.6. The number of hydrogen-bond donors (Lipinski definition) is 2. The van der Waals surface area contributed by atoms with Crippen molar-refractivity contribution < 1.29 is 35.9 Å². The number of benzene rings is 1. The van der Waals surface area contributed by atoms with Gasteiger partial charge in [-0.25, -0.2) is 9.78 Å². The smallest absolute Gasteiger partial charge is 0.416 e. The van der Waals surface area contributed by atoms with Gasteiger partial charge in [0.15, 0.2) is 0 Å². The van der Waals surface area contributed by atoms with Gasteiger partial charge in [0.05, 0.1) is 11.1 Å². The number of alkyl halides is 6. The van der Waals surface area contributed by atoms with Crippen LogP contribution in [0.5, 0.6) is 5.88 Å². The largest absolute Gasteiger partial charge is 0.474 e. The van der Waals surface area contributed by atoms with Gasteiger partial charge in [-0.05, 0) is 55.4 Å². The second-order valence-electron chi connectivity index (χ2n) is 9.17. The Hall–Kier alpha value is -3.02. The van der Waals surface area contributed by atoms with Crippen molar-refractivity contribution in [2.45, 2.75) is 50.7 Å². The maximum atomic E-state index is 13.0. The van der Waals surface area contributed by atoms with E-state index in [-0.39, 0.29) is 18.7 Å². The number of ether oxygens (including phenoxy) is 1. The number of pyridine rings is 1. The molecule has 0 spiro atoms. The van der Waals surface area contributed by atoms with Gasteiger partial charge < -0.3 is 20.3 Å². The third-order valence-corrected chi connectivity index (χ3v) is 6.13. The third kappa shape index (κ3) is 7.49. The molecule has 4 rings (SSSR count). The molecule has 2 amide bonds. The summed E-state index contributed by atoms with van der Waals surface area (Å²) < 4.78 is 83.8. The summed E-state index contributed by atoms with van der Waals surface area (Å²) in [6, 6.07) is 3.26. The van der Waals surface area contributed by atoms with Gasteiger partial charge in [-0.1, -0.05) is 6.07 Å². The van der Waals surface area contributed by atoms with Crippen molar-refractivity contribution >= 4 is 11.7 Å². The van der Waals surface area contributed by atoms with E-state index < -0.39 is 35.2 Å². The van der Waals surface area contributed by atoms with Crippen LogP contribution in [0.25, 0.3) is 0 Å². The van der Waals surface area contributed by atoms with E-state index in [1.807, 2.05) is 5.32 Å². The average Bonchev–Trinajstić information content (AvgIpc) is 3.63. The molecule has 0 unspecified atom stereocenters. The van der Waals surface area contributed by atoms with E-state index in [1.165, 1.54) is 19.0 Å². The Balaban J connectivity index is 1.26. The van der Waals surface area contributed by atoms with Crippen LogP contribution < -0.4 is 15.4 Å². The first kappa shape index (κ1) is 26.1. The van der Waals surface area contributed by atoms with Crippen molar-refractivity contribution in [3.63, 3.8) is 0 Å². The van der Waals surface area contributed by atoms with Crippen LogP contribution >= 0.6 is 0 Å². The van der Waals surface area contributed by atoms with E-state index in [1.54, 1.807) is 12.1 Å². The van der Waals surface area contributed by atoms with Crippen LogP contribution in [0.4, 0.5) is 36.8 Å². The normalized spacial score (nSPS) is 17.6. The van der Waals surface area contributed by atoms with Crippen molar-refractivity contribution in [1.29, 1.82) is 0 Å². The molecule has 1 aliphatic carbocycles. The second kappa shape index (κ2) is 10.5. The quantitative estimate of drug-likeness (QED) is 0.464. The highest BCUT2D eigenvalue weighted by Gasteiger charge is 2.37. The van der Waals surface area contributed by atoms with Gasteiger partial charge >= 0.3 is 18.4 Å². The van der Waals surface area contributed by atoms with Crippen LogP contribution in [-0.2, 0) is 18.9 Å². The van der Waals surface area contributed by atoms with E-state index in [0.717, 1.165) is 38.4 Å². The molecule has 0 atom stereocenters. The molecule has 1 saturated carbocycles. The highest BCUT2D eigenvalue weighted by Crippen LogP contribution is 2.37. The zero-order chi connectivity index (χ0) is 25.9. The Morgan fingerprint density at radius 2 is 1.61 bits per heavy atom. The van der Waals surface area contributed by atoms with E-state index >= 15 is 0 Å².